The van der Waals surface area contributed by atoms with Crippen molar-refractivity contribution in [1.82, 2.24) is 0 Å². The maximum absolute atomic E-state index is 14.1. The van der Waals surface area contributed by atoms with Crippen molar-refractivity contribution in [2.45, 2.75) is 38.8 Å². The molecule has 0 aliphatic carbocycles. The molecule has 1 aromatic carbocycles. The fourth-order valence-electron chi connectivity index (χ4n) is 2.35. The summed E-state index contributed by atoms with van der Waals surface area (Å²) in [5.41, 5.74) is -0.564. The third-order valence-corrected chi connectivity index (χ3v) is 3.66. The summed E-state index contributed by atoms with van der Waals surface area (Å²) in [7, 11) is 0. The molecule has 1 aromatic rings. The van der Waals surface area contributed by atoms with Gasteiger partial charge in [0.2, 0.25) is 0 Å². The van der Waals surface area contributed by atoms with Crippen LogP contribution in [0.25, 0.3) is 0 Å². The first kappa shape index (κ1) is 18.9. The minimum absolute atomic E-state index is 0.222. The van der Waals surface area contributed by atoms with Crippen LogP contribution in [0.1, 0.15) is 26.7 Å². The molecule has 0 aromatic heterocycles. The molecule has 0 bridgehead atoms. The van der Waals surface area contributed by atoms with E-state index in [0.29, 0.717) is 6.42 Å². The molecule has 0 spiro atoms. The van der Waals surface area contributed by atoms with Crippen LogP contribution in [0.5, 0.6) is 5.75 Å². The van der Waals surface area contributed by atoms with Crippen LogP contribution in [0.4, 0.5) is 22.0 Å². The van der Waals surface area contributed by atoms with Crippen LogP contribution in [-0.4, -0.2) is 30.4 Å². The van der Waals surface area contributed by atoms with E-state index in [1.54, 1.807) is 6.92 Å². The van der Waals surface area contributed by atoms with Crippen molar-refractivity contribution in [3.8, 4) is 5.75 Å². The first-order valence-electron chi connectivity index (χ1n) is 7.23. The zero-order valence-electron chi connectivity index (χ0n) is 13.0. The third kappa shape index (κ3) is 3.62. The fourth-order valence-corrected chi connectivity index (χ4v) is 2.35. The van der Waals surface area contributed by atoms with E-state index in [4.69, 9.17) is 9.47 Å². The summed E-state index contributed by atoms with van der Waals surface area (Å²) in [6.45, 7) is 3.16. The maximum Gasteiger partial charge on any atom is 0.484 e. The topological polar surface area (TPSA) is 47.9 Å². The molecule has 1 saturated heterocycles. The number of aliphatic hydroxyl groups is 1. The summed E-state index contributed by atoms with van der Waals surface area (Å²) in [5, 5.41) is 9.87. The zero-order chi connectivity index (χ0) is 18.2. The smallest absolute Gasteiger partial charge is 0.426 e. The molecule has 24 heavy (non-hydrogen) atoms. The Hall–Kier alpha value is -1.45. The molecular weight excluding hydrogens is 339 g/mol. The molecule has 0 radical (unpaired) electrons. The van der Waals surface area contributed by atoms with E-state index in [1.807, 2.05) is 6.92 Å². The number of hydrogen-bond donors (Lipinski definition) is 1. The molecule has 0 atom stereocenters. The van der Waals surface area contributed by atoms with E-state index in [2.05, 4.69) is 4.74 Å². The lowest BCUT2D eigenvalue weighted by molar-refractivity contribution is -0.504. The van der Waals surface area contributed by atoms with Crippen molar-refractivity contribution in [2.75, 3.05) is 13.2 Å². The molecule has 1 fully saturated rings. The van der Waals surface area contributed by atoms with Gasteiger partial charge in [-0.25, -0.2) is 13.2 Å². The van der Waals surface area contributed by atoms with Crippen molar-refractivity contribution in [1.29, 1.82) is 0 Å². The average molecular weight is 356 g/mol. The first-order valence-corrected chi connectivity index (χ1v) is 7.23. The van der Waals surface area contributed by atoms with Gasteiger partial charge in [-0.3, -0.25) is 0 Å². The SMILES string of the molecule is CCCC1(C)COC(O)(C(F)(F)Oc2cc(F)c(F)c(F)c2)OC1. The second-order valence-corrected chi connectivity index (χ2v) is 6.04. The highest BCUT2D eigenvalue weighted by Gasteiger charge is 2.62. The number of alkyl halides is 2. The van der Waals surface area contributed by atoms with Gasteiger partial charge in [-0.05, 0) is 6.42 Å². The minimum atomic E-state index is -4.49. The summed E-state index contributed by atoms with van der Waals surface area (Å²) in [6.07, 6.45) is -3.12. The Balaban J connectivity index is 2.15. The van der Waals surface area contributed by atoms with Crippen LogP contribution in [0.3, 0.4) is 0 Å². The van der Waals surface area contributed by atoms with Crippen molar-refractivity contribution in [3.05, 3.63) is 29.6 Å². The highest BCUT2D eigenvalue weighted by atomic mass is 19.3. The molecule has 0 amide bonds. The molecule has 1 N–H and O–H groups in total. The first-order chi connectivity index (χ1) is 11.0. The van der Waals surface area contributed by atoms with Crippen LogP contribution in [-0.2, 0) is 9.47 Å². The number of rotatable bonds is 5. The standard InChI is InChI=1S/C15H17F5O4/c1-3-4-13(2)7-22-15(21,23-8-13)14(19,20)24-9-5-10(16)12(18)11(17)6-9/h5-6,21H,3-4,7-8H2,1-2H3. The average Bonchev–Trinajstić information content (AvgIpc) is 2.48. The number of benzene rings is 1. The summed E-state index contributed by atoms with van der Waals surface area (Å²) < 4.78 is 80.8. The number of ether oxygens (including phenoxy) is 3. The zero-order valence-corrected chi connectivity index (χ0v) is 13.0. The van der Waals surface area contributed by atoms with Gasteiger partial charge < -0.3 is 19.3 Å². The summed E-state index contributed by atoms with van der Waals surface area (Å²) in [4.78, 5) is 0. The van der Waals surface area contributed by atoms with Crippen molar-refractivity contribution in [3.63, 3.8) is 0 Å². The molecule has 0 saturated carbocycles. The largest absolute Gasteiger partial charge is 0.484 e. The van der Waals surface area contributed by atoms with Crippen LogP contribution in [0, 0.1) is 22.9 Å². The Morgan fingerprint density at radius 3 is 2.12 bits per heavy atom. The van der Waals surface area contributed by atoms with E-state index in [0.717, 1.165) is 6.42 Å². The van der Waals surface area contributed by atoms with E-state index in [-0.39, 0.29) is 25.3 Å². The van der Waals surface area contributed by atoms with Crippen molar-refractivity contribution >= 4 is 0 Å². The van der Waals surface area contributed by atoms with Gasteiger partial charge in [0.05, 0.1) is 13.2 Å². The van der Waals surface area contributed by atoms with E-state index in [9.17, 15) is 27.1 Å². The maximum atomic E-state index is 14.1. The molecule has 4 nitrogen and oxygen atoms in total. The van der Waals surface area contributed by atoms with Gasteiger partial charge in [-0.2, -0.15) is 8.78 Å². The molecule has 136 valence electrons. The predicted octanol–water partition coefficient (Wildman–Crippen LogP) is 3.57. The van der Waals surface area contributed by atoms with Gasteiger partial charge in [0, 0.05) is 17.5 Å². The Morgan fingerprint density at radius 1 is 1.17 bits per heavy atom. The molecule has 1 aliphatic rings. The van der Waals surface area contributed by atoms with E-state index < -0.39 is 40.7 Å². The van der Waals surface area contributed by atoms with E-state index >= 15 is 0 Å². The summed E-state index contributed by atoms with van der Waals surface area (Å²) in [5.74, 6) is -9.71. The molecule has 1 heterocycles. The Bertz CT molecular complexity index is 577. The lowest BCUT2D eigenvalue weighted by Gasteiger charge is -2.43. The number of hydrogen-bond acceptors (Lipinski definition) is 4. The monoisotopic (exact) mass is 356 g/mol. The van der Waals surface area contributed by atoms with Gasteiger partial charge in [-0.1, -0.05) is 20.3 Å². The van der Waals surface area contributed by atoms with Crippen LogP contribution >= 0.6 is 0 Å². The fraction of sp³-hybridized carbons (Fsp3) is 0.600. The van der Waals surface area contributed by atoms with Crippen LogP contribution < -0.4 is 4.74 Å². The van der Waals surface area contributed by atoms with Gasteiger partial charge in [-0.15, -0.1) is 0 Å². The molecular formula is C15H17F5O4. The van der Waals surface area contributed by atoms with Gasteiger partial charge in [0.25, 0.3) is 0 Å². The van der Waals surface area contributed by atoms with Crippen molar-refractivity contribution in [2.24, 2.45) is 5.41 Å². The molecule has 9 heteroatoms. The normalized spacial score (nSPS) is 28.0. The molecule has 1 aliphatic heterocycles. The van der Waals surface area contributed by atoms with Crippen LogP contribution in [0.15, 0.2) is 12.1 Å². The van der Waals surface area contributed by atoms with Gasteiger partial charge >= 0.3 is 12.1 Å². The summed E-state index contributed by atoms with van der Waals surface area (Å²) in [6, 6.07) is 0.444. The Labute approximate surface area is 135 Å². The summed E-state index contributed by atoms with van der Waals surface area (Å²) >= 11 is 0. The quantitative estimate of drug-likeness (QED) is 0.647. The van der Waals surface area contributed by atoms with Crippen molar-refractivity contribution < 1.29 is 41.3 Å². The second kappa shape index (κ2) is 6.45. The third-order valence-electron chi connectivity index (χ3n) is 3.66. The lowest BCUT2D eigenvalue weighted by Crippen LogP contribution is -2.61. The highest BCUT2D eigenvalue weighted by molar-refractivity contribution is 5.25. The Morgan fingerprint density at radius 2 is 1.67 bits per heavy atom. The molecule has 2 rings (SSSR count). The lowest BCUT2D eigenvalue weighted by atomic mass is 9.87. The molecule has 0 unspecified atom stereocenters. The Kier molecular flexibility index (Phi) is 5.08. The van der Waals surface area contributed by atoms with E-state index in [1.165, 1.54) is 0 Å². The minimum Gasteiger partial charge on any atom is -0.426 e. The van der Waals surface area contributed by atoms with Gasteiger partial charge in [0.15, 0.2) is 17.5 Å². The number of halogens is 5. The second-order valence-electron chi connectivity index (χ2n) is 6.04. The van der Waals surface area contributed by atoms with Crippen LogP contribution in [0.2, 0.25) is 0 Å². The highest BCUT2D eigenvalue weighted by Crippen LogP contribution is 2.41. The predicted molar refractivity (Wildman–Crippen MR) is 71.8 cm³/mol. The van der Waals surface area contributed by atoms with Gasteiger partial charge in [0.1, 0.15) is 5.75 Å².